The van der Waals surface area contributed by atoms with Crippen LogP contribution in [0.4, 0.5) is 0 Å². The third-order valence-corrected chi connectivity index (χ3v) is 5.85. The average molecular weight is 494 g/mol. The molecular weight excluding hydrogens is 454 g/mol. The summed E-state index contributed by atoms with van der Waals surface area (Å²) in [5.41, 5.74) is 12.3. The molecule has 0 heterocycles. The van der Waals surface area contributed by atoms with Crippen molar-refractivity contribution in [2.75, 3.05) is 13.2 Å². The van der Waals surface area contributed by atoms with Crippen molar-refractivity contribution in [3.63, 3.8) is 0 Å². The minimum Gasteiger partial charge on any atom is -0.480 e. The molecule has 0 aliphatic carbocycles. The van der Waals surface area contributed by atoms with Crippen LogP contribution >= 0.6 is 0 Å². The Morgan fingerprint density at radius 2 is 1.49 bits per heavy atom. The van der Waals surface area contributed by atoms with Gasteiger partial charge in [0.25, 0.3) is 0 Å². The van der Waals surface area contributed by atoms with Gasteiger partial charge >= 0.3 is 5.97 Å². The molecule has 1 aromatic carbocycles. The lowest BCUT2D eigenvalue weighted by Crippen LogP contribution is -2.58. The second-order valence-corrected chi connectivity index (χ2v) is 8.59. The van der Waals surface area contributed by atoms with E-state index in [0.29, 0.717) is 25.8 Å². The molecule has 9 N–H and O–H groups in total. The van der Waals surface area contributed by atoms with Gasteiger partial charge in [-0.05, 0) is 37.3 Å². The van der Waals surface area contributed by atoms with Crippen LogP contribution in [0.5, 0.6) is 0 Å². The van der Waals surface area contributed by atoms with Crippen molar-refractivity contribution >= 4 is 23.7 Å². The van der Waals surface area contributed by atoms with E-state index in [1.165, 1.54) is 0 Å². The molecule has 1 aromatic rings. The van der Waals surface area contributed by atoms with E-state index in [1.54, 1.807) is 30.3 Å². The van der Waals surface area contributed by atoms with Crippen LogP contribution in [0.25, 0.3) is 0 Å². The molecule has 0 aliphatic rings. The molecule has 35 heavy (non-hydrogen) atoms. The molecular formula is C24H39N5O6. The van der Waals surface area contributed by atoms with Crippen LogP contribution in [0.1, 0.15) is 45.1 Å². The Morgan fingerprint density at radius 3 is 2.03 bits per heavy atom. The van der Waals surface area contributed by atoms with Crippen molar-refractivity contribution < 1.29 is 29.4 Å². The summed E-state index contributed by atoms with van der Waals surface area (Å²) in [7, 11) is 0. The lowest BCUT2D eigenvalue weighted by Gasteiger charge is -2.26. The van der Waals surface area contributed by atoms with Crippen molar-refractivity contribution in [2.24, 2.45) is 17.4 Å². The van der Waals surface area contributed by atoms with Crippen LogP contribution in [-0.2, 0) is 25.6 Å². The van der Waals surface area contributed by atoms with Gasteiger partial charge in [-0.25, -0.2) is 4.79 Å². The number of nitrogens with two attached hydrogens (primary N) is 2. The first-order valence-corrected chi connectivity index (χ1v) is 11.9. The standard InChI is InChI=1S/C24H39N5O6/c1-3-15(2)20(26)23(33)27-17(11-7-8-12-25)21(31)28-18(13-16-9-5-4-6-10-16)22(32)29-19(14-30)24(34)35/h4-6,9-10,15,17-20,30H,3,7-8,11-14,25-26H2,1-2H3,(H,27,33)(H,28,31)(H,29,32)(H,34,35). The minimum absolute atomic E-state index is 0.0754. The largest absolute Gasteiger partial charge is 0.480 e. The van der Waals surface area contributed by atoms with E-state index < -0.39 is 54.5 Å². The molecule has 0 saturated heterocycles. The lowest BCUT2D eigenvalue weighted by molar-refractivity contribution is -0.143. The normalized spacial score (nSPS) is 15.2. The first-order chi connectivity index (χ1) is 16.6. The number of aliphatic carboxylic acids is 1. The number of hydrogen-bond donors (Lipinski definition) is 7. The number of carbonyl (C=O) groups excluding carboxylic acids is 3. The van der Waals surface area contributed by atoms with Crippen LogP contribution in [0.3, 0.4) is 0 Å². The number of rotatable bonds is 16. The molecule has 11 heteroatoms. The summed E-state index contributed by atoms with van der Waals surface area (Å²) in [5, 5.41) is 26.0. The first-order valence-electron chi connectivity index (χ1n) is 11.9. The van der Waals surface area contributed by atoms with Crippen LogP contribution in [0.15, 0.2) is 30.3 Å². The minimum atomic E-state index is -1.52. The Balaban J connectivity index is 3.08. The summed E-state index contributed by atoms with van der Waals surface area (Å²) in [6.07, 6.45) is 2.26. The fourth-order valence-corrected chi connectivity index (χ4v) is 3.33. The Hall–Kier alpha value is -3.02. The van der Waals surface area contributed by atoms with Gasteiger partial charge in [0.05, 0.1) is 12.6 Å². The maximum absolute atomic E-state index is 13.2. The van der Waals surface area contributed by atoms with Gasteiger partial charge in [-0.1, -0.05) is 50.6 Å². The zero-order chi connectivity index (χ0) is 26.4. The second-order valence-electron chi connectivity index (χ2n) is 8.59. The van der Waals surface area contributed by atoms with E-state index in [0.717, 1.165) is 5.56 Å². The fourth-order valence-electron chi connectivity index (χ4n) is 3.33. The van der Waals surface area contributed by atoms with Crippen LogP contribution in [0.2, 0.25) is 0 Å². The van der Waals surface area contributed by atoms with E-state index >= 15 is 0 Å². The summed E-state index contributed by atoms with van der Waals surface area (Å²) in [5.74, 6) is -3.34. The fraction of sp³-hybridized carbons (Fsp3) is 0.583. The molecule has 0 bridgehead atoms. The van der Waals surface area contributed by atoms with E-state index in [9.17, 15) is 24.3 Å². The summed E-state index contributed by atoms with van der Waals surface area (Å²) in [4.78, 5) is 50.0. The monoisotopic (exact) mass is 493 g/mol. The predicted octanol–water partition coefficient (Wildman–Crippen LogP) is -0.737. The van der Waals surface area contributed by atoms with Gasteiger partial charge in [0.15, 0.2) is 0 Å². The highest BCUT2D eigenvalue weighted by Gasteiger charge is 2.30. The number of unbranched alkanes of at least 4 members (excludes halogenated alkanes) is 1. The molecule has 11 nitrogen and oxygen atoms in total. The maximum Gasteiger partial charge on any atom is 0.328 e. The van der Waals surface area contributed by atoms with E-state index in [4.69, 9.17) is 16.6 Å². The number of aliphatic hydroxyl groups excluding tert-OH is 1. The summed E-state index contributed by atoms with van der Waals surface area (Å²) < 4.78 is 0. The Labute approximate surface area is 206 Å². The third-order valence-electron chi connectivity index (χ3n) is 5.85. The molecule has 0 aliphatic heterocycles. The van der Waals surface area contributed by atoms with Crippen LogP contribution in [0, 0.1) is 5.92 Å². The highest BCUT2D eigenvalue weighted by molar-refractivity contribution is 5.94. The second kappa shape index (κ2) is 15.8. The molecule has 0 spiro atoms. The molecule has 0 radical (unpaired) electrons. The third kappa shape index (κ3) is 10.4. The molecule has 3 amide bonds. The molecule has 0 aromatic heterocycles. The Morgan fingerprint density at radius 1 is 0.914 bits per heavy atom. The van der Waals surface area contributed by atoms with Crippen molar-refractivity contribution in [2.45, 2.75) is 70.1 Å². The number of aliphatic hydroxyl groups is 1. The van der Waals surface area contributed by atoms with Gasteiger partial charge in [-0.15, -0.1) is 0 Å². The molecule has 5 atom stereocenters. The number of carboxylic acid groups (broad SMARTS) is 1. The summed E-state index contributed by atoms with van der Waals surface area (Å²) in [6.45, 7) is 3.37. The molecule has 0 fully saturated rings. The van der Waals surface area contributed by atoms with E-state index in [2.05, 4.69) is 16.0 Å². The quantitative estimate of drug-likeness (QED) is 0.146. The zero-order valence-electron chi connectivity index (χ0n) is 20.4. The van der Waals surface area contributed by atoms with Crippen LogP contribution in [-0.4, -0.2) is 71.2 Å². The molecule has 196 valence electrons. The Kier molecular flexibility index (Phi) is 13.5. The number of amides is 3. The number of hydrogen-bond acceptors (Lipinski definition) is 7. The van der Waals surface area contributed by atoms with E-state index in [-0.39, 0.29) is 18.8 Å². The van der Waals surface area contributed by atoms with Gasteiger partial charge in [0.1, 0.15) is 18.1 Å². The zero-order valence-corrected chi connectivity index (χ0v) is 20.4. The van der Waals surface area contributed by atoms with Crippen molar-refractivity contribution in [3.05, 3.63) is 35.9 Å². The summed E-state index contributed by atoms with van der Waals surface area (Å²) >= 11 is 0. The highest BCUT2D eigenvalue weighted by atomic mass is 16.4. The number of benzene rings is 1. The topological polar surface area (TPSA) is 197 Å². The van der Waals surface area contributed by atoms with Gasteiger partial charge in [0.2, 0.25) is 17.7 Å². The average Bonchev–Trinajstić information content (AvgIpc) is 2.85. The SMILES string of the molecule is CCC(C)C(N)C(=O)NC(CCCCN)C(=O)NC(Cc1ccccc1)C(=O)NC(CO)C(=O)O. The summed E-state index contributed by atoms with van der Waals surface area (Å²) in [6, 6.07) is 4.45. The van der Waals surface area contributed by atoms with Gasteiger partial charge in [-0.2, -0.15) is 0 Å². The van der Waals surface area contributed by atoms with Gasteiger partial charge in [-0.3, -0.25) is 14.4 Å². The van der Waals surface area contributed by atoms with Crippen LogP contribution < -0.4 is 27.4 Å². The lowest BCUT2D eigenvalue weighted by atomic mass is 9.98. The predicted molar refractivity (Wildman–Crippen MR) is 131 cm³/mol. The number of nitrogens with one attached hydrogen (secondary N) is 3. The maximum atomic E-state index is 13.2. The smallest absolute Gasteiger partial charge is 0.328 e. The highest BCUT2D eigenvalue weighted by Crippen LogP contribution is 2.09. The molecule has 5 unspecified atom stereocenters. The first kappa shape index (κ1) is 30.0. The van der Waals surface area contributed by atoms with Crippen molar-refractivity contribution in [3.8, 4) is 0 Å². The molecule has 0 saturated carbocycles. The van der Waals surface area contributed by atoms with Gasteiger partial charge in [0, 0.05) is 6.42 Å². The van der Waals surface area contributed by atoms with Crippen molar-refractivity contribution in [1.29, 1.82) is 0 Å². The number of carboxylic acids is 1. The van der Waals surface area contributed by atoms with Gasteiger partial charge < -0.3 is 37.6 Å². The number of carbonyl (C=O) groups is 4. The molecule has 1 rings (SSSR count). The Bertz CT molecular complexity index is 822. The van der Waals surface area contributed by atoms with E-state index in [1.807, 2.05) is 13.8 Å². The van der Waals surface area contributed by atoms with Crippen molar-refractivity contribution in [1.82, 2.24) is 16.0 Å².